The highest BCUT2D eigenvalue weighted by Crippen LogP contribution is 2.30. The molecule has 100 valence electrons. The van der Waals surface area contributed by atoms with Gasteiger partial charge in [0.2, 0.25) is 0 Å². The largest absolute Gasteiger partial charge is 0.465 e. The third kappa shape index (κ3) is 1.86. The minimum absolute atomic E-state index is 0.160. The van der Waals surface area contributed by atoms with Crippen molar-refractivity contribution in [3.63, 3.8) is 0 Å². The Morgan fingerprint density at radius 1 is 1.10 bits per heavy atom. The van der Waals surface area contributed by atoms with Crippen molar-refractivity contribution < 1.29 is 14.3 Å². The molecule has 20 heavy (non-hydrogen) atoms. The maximum absolute atomic E-state index is 12.6. The molecule has 0 saturated heterocycles. The van der Waals surface area contributed by atoms with E-state index in [2.05, 4.69) is 0 Å². The molecule has 2 aromatic rings. The van der Waals surface area contributed by atoms with Gasteiger partial charge in [-0.2, -0.15) is 0 Å². The van der Waals surface area contributed by atoms with E-state index in [9.17, 15) is 9.59 Å². The normalized spacial score (nSPS) is 13.2. The number of fused-ring (bicyclic) bond motifs is 1. The molecule has 0 fully saturated rings. The first kappa shape index (κ1) is 12.4. The van der Waals surface area contributed by atoms with Gasteiger partial charge in [0, 0.05) is 5.69 Å². The number of esters is 1. The molecule has 0 aliphatic carbocycles. The van der Waals surface area contributed by atoms with Gasteiger partial charge >= 0.3 is 5.97 Å². The number of benzene rings is 2. The van der Waals surface area contributed by atoms with Crippen LogP contribution in [-0.4, -0.2) is 19.0 Å². The number of methoxy groups -OCH3 is 1. The molecule has 3 rings (SSSR count). The Bertz CT molecular complexity index is 679. The highest BCUT2D eigenvalue weighted by molar-refractivity contribution is 6.15. The van der Waals surface area contributed by atoms with Crippen LogP contribution in [0.1, 0.15) is 26.3 Å². The fraction of sp³-hybridized carbons (Fsp3) is 0.125. The quantitative estimate of drug-likeness (QED) is 0.786. The Kier molecular flexibility index (Phi) is 2.99. The molecule has 0 atom stereocenters. The summed E-state index contributed by atoms with van der Waals surface area (Å²) in [5.41, 5.74) is 2.45. The van der Waals surface area contributed by atoms with Crippen molar-refractivity contribution in [2.45, 2.75) is 6.54 Å². The van der Waals surface area contributed by atoms with Gasteiger partial charge in [-0.25, -0.2) is 4.79 Å². The van der Waals surface area contributed by atoms with Gasteiger partial charge in [0.1, 0.15) is 0 Å². The summed E-state index contributed by atoms with van der Waals surface area (Å²) < 4.78 is 4.74. The highest BCUT2D eigenvalue weighted by atomic mass is 16.5. The average Bonchev–Trinajstić information content (AvgIpc) is 2.85. The zero-order valence-electron chi connectivity index (χ0n) is 11.0. The van der Waals surface area contributed by atoms with Crippen LogP contribution in [0.5, 0.6) is 0 Å². The lowest BCUT2D eigenvalue weighted by atomic mass is 10.0. The van der Waals surface area contributed by atoms with E-state index < -0.39 is 5.97 Å². The van der Waals surface area contributed by atoms with E-state index in [1.807, 2.05) is 36.4 Å². The summed E-state index contributed by atoms with van der Waals surface area (Å²) in [5, 5.41) is 0. The van der Waals surface area contributed by atoms with Crippen molar-refractivity contribution >= 4 is 17.6 Å². The van der Waals surface area contributed by atoms with E-state index in [0.29, 0.717) is 17.7 Å². The number of para-hydroxylation sites is 1. The van der Waals surface area contributed by atoms with Gasteiger partial charge in [0.25, 0.3) is 5.91 Å². The Labute approximate surface area is 116 Å². The molecule has 1 aliphatic heterocycles. The molecule has 0 spiro atoms. The lowest BCUT2D eigenvalue weighted by Crippen LogP contribution is -2.24. The van der Waals surface area contributed by atoms with Crippen LogP contribution in [0.15, 0.2) is 48.5 Å². The minimum atomic E-state index is -0.481. The number of carbonyl (C=O) groups is 2. The van der Waals surface area contributed by atoms with Crippen LogP contribution in [-0.2, 0) is 11.3 Å². The Morgan fingerprint density at radius 3 is 2.55 bits per heavy atom. The van der Waals surface area contributed by atoms with Crippen LogP contribution >= 0.6 is 0 Å². The fourth-order valence-electron chi connectivity index (χ4n) is 2.46. The first-order chi connectivity index (χ1) is 9.72. The van der Waals surface area contributed by atoms with Crippen molar-refractivity contribution in [3.8, 4) is 0 Å². The Hall–Kier alpha value is -2.62. The van der Waals surface area contributed by atoms with Crippen LogP contribution in [0.4, 0.5) is 5.69 Å². The number of hydrogen-bond acceptors (Lipinski definition) is 3. The van der Waals surface area contributed by atoms with Gasteiger partial charge in [0.05, 0.1) is 24.8 Å². The van der Waals surface area contributed by atoms with Crippen molar-refractivity contribution in [3.05, 3.63) is 65.2 Å². The molecule has 1 heterocycles. The molecular weight excluding hydrogens is 254 g/mol. The van der Waals surface area contributed by atoms with E-state index in [1.54, 1.807) is 17.0 Å². The molecule has 1 amide bonds. The molecule has 0 bridgehead atoms. The Balaban J connectivity index is 2.05. The summed E-state index contributed by atoms with van der Waals surface area (Å²) in [6.07, 6.45) is 0. The maximum Gasteiger partial charge on any atom is 0.338 e. The molecule has 0 N–H and O–H groups in total. The summed E-state index contributed by atoms with van der Waals surface area (Å²) in [4.78, 5) is 26.0. The van der Waals surface area contributed by atoms with Crippen molar-refractivity contribution in [1.82, 2.24) is 0 Å². The summed E-state index contributed by atoms with van der Waals surface area (Å²) in [7, 11) is 1.32. The third-order valence-corrected chi connectivity index (χ3v) is 3.41. The summed E-state index contributed by atoms with van der Waals surface area (Å²) in [5.74, 6) is -0.641. The van der Waals surface area contributed by atoms with E-state index in [4.69, 9.17) is 4.74 Å². The predicted molar refractivity (Wildman–Crippen MR) is 74.7 cm³/mol. The van der Waals surface area contributed by atoms with Crippen molar-refractivity contribution in [1.29, 1.82) is 0 Å². The molecule has 0 saturated carbocycles. The third-order valence-electron chi connectivity index (χ3n) is 3.41. The summed E-state index contributed by atoms with van der Waals surface area (Å²) in [6.45, 7) is 0.475. The van der Waals surface area contributed by atoms with Gasteiger partial charge in [-0.3, -0.25) is 4.79 Å². The summed E-state index contributed by atoms with van der Waals surface area (Å²) in [6, 6.07) is 14.7. The van der Waals surface area contributed by atoms with Gasteiger partial charge in [-0.15, -0.1) is 0 Å². The number of ether oxygens (including phenoxy) is 1. The Morgan fingerprint density at radius 2 is 1.85 bits per heavy atom. The van der Waals surface area contributed by atoms with Gasteiger partial charge < -0.3 is 9.64 Å². The van der Waals surface area contributed by atoms with Crippen LogP contribution in [0.2, 0.25) is 0 Å². The molecule has 1 aliphatic rings. The lowest BCUT2D eigenvalue weighted by molar-refractivity contribution is 0.0597. The molecule has 4 heteroatoms. The zero-order valence-corrected chi connectivity index (χ0v) is 11.0. The zero-order chi connectivity index (χ0) is 14.1. The molecule has 0 aromatic heterocycles. The minimum Gasteiger partial charge on any atom is -0.465 e. The van der Waals surface area contributed by atoms with Gasteiger partial charge in [0.15, 0.2) is 0 Å². The second-order valence-corrected chi connectivity index (χ2v) is 4.56. The molecule has 2 aromatic carbocycles. The lowest BCUT2D eigenvalue weighted by Gasteiger charge is -2.15. The van der Waals surface area contributed by atoms with Crippen LogP contribution in [0, 0.1) is 0 Å². The number of amides is 1. The number of nitrogens with zero attached hydrogens (tertiary/aromatic N) is 1. The van der Waals surface area contributed by atoms with Crippen molar-refractivity contribution in [2.75, 3.05) is 12.0 Å². The highest BCUT2D eigenvalue weighted by Gasteiger charge is 2.32. The van der Waals surface area contributed by atoms with E-state index >= 15 is 0 Å². The monoisotopic (exact) mass is 267 g/mol. The second-order valence-electron chi connectivity index (χ2n) is 4.56. The number of anilines is 1. The number of rotatable bonds is 2. The smallest absolute Gasteiger partial charge is 0.338 e. The molecule has 0 unspecified atom stereocenters. The van der Waals surface area contributed by atoms with Crippen molar-refractivity contribution in [2.24, 2.45) is 0 Å². The standard InChI is InChI=1S/C16H13NO3/c1-20-16(19)13-9-5-6-11-10-17(15(18)14(11)13)12-7-3-2-4-8-12/h2-9H,10H2,1H3. The molecule has 0 radical (unpaired) electrons. The van der Waals surface area contributed by atoms with Crippen LogP contribution in [0.25, 0.3) is 0 Å². The van der Waals surface area contributed by atoms with Gasteiger partial charge in [-0.05, 0) is 23.8 Å². The molecule has 4 nitrogen and oxygen atoms in total. The van der Waals surface area contributed by atoms with E-state index in [1.165, 1.54) is 7.11 Å². The number of carbonyl (C=O) groups excluding carboxylic acids is 2. The summed E-state index contributed by atoms with van der Waals surface area (Å²) >= 11 is 0. The predicted octanol–water partition coefficient (Wildman–Crippen LogP) is 2.63. The maximum atomic E-state index is 12.6. The van der Waals surface area contributed by atoms with Crippen LogP contribution in [0.3, 0.4) is 0 Å². The fourth-order valence-corrected chi connectivity index (χ4v) is 2.46. The second kappa shape index (κ2) is 4.81. The first-order valence-corrected chi connectivity index (χ1v) is 6.29. The topological polar surface area (TPSA) is 46.6 Å². The van der Waals surface area contributed by atoms with E-state index in [-0.39, 0.29) is 5.91 Å². The SMILES string of the molecule is COC(=O)c1cccc2c1C(=O)N(c1ccccc1)C2. The van der Waals surface area contributed by atoms with Crippen LogP contribution < -0.4 is 4.90 Å². The number of hydrogen-bond donors (Lipinski definition) is 0. The first-order valence-electron chi connectivity index (χ1n) is 6.29. The van der Waals surface area contributed by atoms with E-state index in [0.717, 1.165) is 11.3 Å². The average molecular weight is 267 g/mol. The molecular formula is C16H13NO3. The van der Waals surface area contributed by atoms with Gasteiger partial charge in [-0.1, -0.05) is 30.3 Å².